The van der Waals surface area contributed by atoms with Crippen LogP contribution >= 0.6 is 11.6 Å². The highest BCUT2D eigenvalue weighted by Crippen LogP contribution is 2.37. The molecule has 1 aliphatic rings. The third kappa shape index (κ3) is 5.50. The quantitative estimate of drug-likeness (QED) is 0.225. The molecule has 0 bridgehead atoms. The Hall–Kier alpha value is -4.44. The number of fused-ring (bicyclic) bond motifs is 1. The summed E-state index contributed by atoms with van der Waals surface area (Å²) >= 11 is 6.96. The van der Waals surface area contributed by atoms with E-state index in [9.17, 15) is 14.0 Å². The Labute approximate surface area is 260 Å². The average molecular weight is 616 g/mol. The van der Waals surface area contributed by atoms with Gasteiger partial charge in [-0.25, -0.2) is 28.7 Å². The van der Waals surface area contributed by atoms with Gasteiger partial charge in [0.25, 0.3) is 5.91 Å². The zero-order valence-corrected chi connectivity index (χ0v) is 26.3. The van der Waals surface area contributed by atoms with E-state index < -0.39 is 17.4 Å². The summed E-state index contributed by atoms with van der Waals surface area (Å²) in [6, 6.07) is 9.10. The molecule has 228 valence electrons. The molecule has 1 aliphatic heterocycles. The zero-order chi connectivity index (χ0) is 31.9. The Morgan fingerprint density at radius 3 is 2.34 bits per heavy atom. The van der Waals surface area contributed by atoms with Gasteiger partial charge in [0.1, 0.15) is 12.1 Å². The van der Waals surface area contributed by atoms with Crippen molar-refractivity contribution in [2.24, 2.45) is 0 Å². The number of hydrogen-bond donors (Lipinski definition) is 0. The minimum atomic E-state index is -1.01. The van der Waals surface area contributed by atoms with Crippen LogP contribution < -0.4 is 10.6 Å². The van der Waals surface area contributed by atoms with E-state index in [1.165, 1.54) is 15.8 Å². The Balaban J connectivity index is 1.83. The highest BCUT2D eigenvalue weighted by atomic mass is 35.5. The Kier molecular flexibility index (Phi) is 8.65. The molecule has 44 heavy (non-hydrogen) atoms. The number of rotatable bonds is 7. The summed E-state index contributed by atoms with van der Waals surface area (Å²) in [5.74, 6) is -1.43. The first-order chi connectivity index (χ1) is 20.9. The number of nitrogens with zero attached hydrogens (tertiary/aromatic N) is 7. The van der Waals surface area contributed by atoms with Crippen molar-refractivity contribution in [2.45, 2.75) is 52.5 Å². The molecule has 0 N–H and O–H groups in total. The van der Waals surface area contributed by atoms with Gasteiger partial charge in [0.15, 0.2) is 11.5 Å². The van der Waals surface area contributed by atoms with E-state index in [-0.39, 0.29) is 31.0 Å². The number of carbonyl (C=O) groups is 1. The Morgan fingerprint density at radius 1 is 1.09 bits per heavy atom. The molecular weight excluding hydrogens is 581 g/mol. The smallest absolute Gasteiger partial charge is 0.350 e. The van der Waals surface area contributed by atoms with E-state index >= 15 is 0 Å². The highest BCUT2D eigenvalue weighted by molar-refractivity contribution is 6.34. The van der Waals surface area contributed by atoms with E-state index in [2.05, 4.69) is 28.1 Å². The number of halogens is 2. The third-order valence-electron chi connectivity index (χ3n) is 7.85. The number of pyridine rings is 1. The molecule has 4 heterocycles. The van der Waals surface area contributed by atoms with Gasteiger partial charge in [0, 0.05) is 31.2 Å². The molecule has 0 saturated carbocycles. The van der Waals surface area contributed by atoms with Crippen LogP contribution in [0.25, 0.3) is 34.1 Å². The van der Waals surface area contributed by atoms with E-state index in [0.717, 1.165) is 11.1 Å². The summed E-state index contributed by atoms with van der Waals surface area (Å²) in [5.41, 5.74) is 3.81. The standard InChI is InChI=1S/C33H35ClFN7O2/c1-8-22-11-9-10-12-23(22)28-25(34)15-24-30(41-14-13-40(16-20(41)6)32(43)21(7)35)39-33(44)42(31(24)38-28)29-26(18(2)3)36-17-37-27(29)19(4)5/h8-12,15,17-20H,1,7,13-14,16H2,2-6H3/t20-/m0/s1. The van der Waals surface area contributed by atoms with Gasteiger partial charge in [-0.2, -0.15) is 4.98 Å². The molecule has 4 aromatic rings. The van der Waals surface area contributed by atoms with Gasteiger partial charge in [0.2, 0.25) is 0 Å². The molecule has 1 amide bonds. The fourth-order valence-electron chi connectivity index (χ4n) is 5.71. The molecule has 0 aliphatic carbocycles. The van der Waals surface area contributed by atoms with Crippen LogP contribution in [-0.2, 0) is 4.79 Å². The van der Waals surface area contributed by atoms with Crippen LogP contribution in [0.1, 0.15) is 63.4 Å². The van der Waals surface area contributed by atoms with Gasteiger partial charge in [-0.3, -0.25) is 4.79 Å². The van der Waals surface area contributed by atoms with E-state index in [1.54, 1.807) is 12.1 Å². The Bertz CT molecular complexity index is 1830. The lowest BCUT2D eigenvalue weighted by Crippen LogP contribution is -2.54. The SMILES string of the molecule is C=Cc1ccccc1-c1nc2c(cc1Cl)c(N1CCN(C(=O)C(=C)F)C[C@@H]1C)nc(=O)n2-c1c(C(C)C)ncnc1C(C)C. The number of anilines is 1. The first kappa shape index (κ1) is 31.0. The number of carbonyl (C=O) groups excluding carboxylic acids is 1. The van der Waals surface area contributed by atoms with Gasteiger partial charge in [-0.1, -0.05) is 82.8 Å². The summed E-state index contributed by atoms with van der Waals surface area (Å²) < 4.78 is 15.2. The molecule has 1 aromatic carbocycles. The number of amides is 1. The molecule has 5 rings (SSSR count). The maximum atomic E-state index is 14.2. The molecule has 0 unspecified atom stereocenters. The molecule has 9 nitrogen and oxygen atoms in total. The van der Waals surface area contributed by atoms with E-state index in [0.29, 0.717) is 51.2 Å². The van der Waals surface area contributed by atoms with Gasteiger partial charge in [-0.15, -0.1) is 0 Å². The third-order valence-corrected chi connectivity index (χ3v) is 8.14. The average Bonchev–Trinajstić information content (AvgIpc) is 2.99. The van der Waals surface area contributed by atoms with Crippen LogP contribution in [0.5, 0.6) is 0 Å². The topological polar surface area (TPSA) is 97.1 Å². The maximum Gasteiger partial charge on any atom is 0.355 e. The van der Waals surface area contributed by atoms with Crippen molar-refractivity contribution < 1.29 is 9.18 Å². The van der Waals surface area contributed by atoms with Crippen LogP contribution in [-0.4, -0.2) is 61.0 Å². The predicted octanol–water partition coefficient (Wildman–Crippen LogP) is 6.30. The van der Waals surface area contributed by atoms with Crippen molar-refractivity contribution in [1.82, 2.24) is 29.4 Å². The van der Waals surface area contributed by atoms with Gasteiger partial charge < -0.3 is 9.80 Å². The van der Waals surface area contributed by atoms with Crippen LogP contribution in [0, 0.1) is 0 Å². The largest absolute Gasteiger partial charge is 0.355 e. The lowest BCUT2D eigenvalue weighted by atomic mass is 10.0. The van der Waals surface area contributed by atoms with Gasteiger partial charge >= 0.3 is 5.69 Å². The van der Waals surface area contributed by atoms with Crippen LogP contribution in [0.4, 0.5) is 10.2 Å². The lowest BCUT2D eigenvalue weighted by molar-refractivity contribution is -0.129. The predicted molar refractivity (Wildman–Crippen MR) is 173 cm³/mol. The molecule has 1 fully saturated rings. The number of benzene rings is 1. The monoisotopic (exact) mass is 615 g/mol. The molecular formula is C33H35ClFN7O2. The molecule has 11 heteroatoms. The van der Waals surface area contributed by atoms with Gasteiger partial charge in [0.05, 0.1) is 33.2 Å². The van der Waals surface area contributed by atoms with Gasteiger partial charge in [-0.05, 0) is 30.4 Å². The summed E-state index contributed by atoms with van der Waals surface area (Å²) in [7, 11) is 0. The van der Waals surface area contributed by atoms with Crippen molar-refractivity contribution in [2.75, 3.05) is 24.5 Å². The van der Waals surface area contributed by atoms with Crippen LogP contribution in [0.2, 0.25) is 5.02 Å². The van der Waals surface area contributed by atoms with Crippen molar-refractivity contribution in [3.05, 3.63) is 88.1 Å². The summed E-state index contributed by atoms with van der Waals surface area (Å²) in [4.78, 5) is 48.7. The van der Waals surface area contributed by atoms with Crippen molar-refractivity contribution in [3.63, 3.8) is 0 Å². The first-order valence-electron chi connectivity index (χ1n) is 14.5. The fraction of sp³-hybridized carbons (Fsp3) is 0.333. The van der Waals surface area contributed by atoms with Crippen LogP contribution in [0.15, 0.2) is 60.4 Å². The second-order valence-electron chi connectivity index (χ2n) is 11.5. The Morgan fingerprint density at radius 2 is 1.75 bits per heavy atom. The summed E-state index contributed by atoms with van der Waals surface area (Å²) in [6.07, 6.45) is 3.25. The van der Waals surface area contributed by atoms with E-state index in [4.69, 9.17) is 16.6 Å². The van der Waals surface area contributed by atoms with Crippen molar-refractivity contribution >= 4 is 40.4 Å². The molecule has 0 radical (unpaired) electrons. The molecule has 1 atom stereocenters. The summed E-state index contributed by atoms with van der Waals surface area (Å²) in [6.45, 7) is 17.8. The van der Waals surface area contributed by atoms with Crippen molar-refractivity contribution in [3.8, 4) is 16.9 Å². The molecule has 1 saturated heterocycles. The second-order valence-corrected chi connectivity index (χ2v) is 11.9. The minimum Gasteiger partial charge on any atom is -0.350 e. The lowest BCUT2D eigenvalue weighted by Gasteiger charge is -2.40. The fourth-order valence-corrected chi connectivity index (χ4v) is 5.97. The molecule has 3 aromatic heterocycles. The van der Waals surface area contributed by atoms with Crippen molar-refractivity contribution in [1.29, 1.82) is 0 Å². The highest BCUT2D eigenvalue weighted by Gasteiger charge is 2.32. The minimum absolute atomic E-state index is 0.0312. The summed E-state index contributed by atoms with van der Waals surface area (Å²) in [5, 5.41) is 0.914. The van der Waals surface area contributed by atoms with E-state index in [1.807, 2.05) is 63.8 Å². The normalized spacial score (nSPS) is 15.3. The van der Waals surface area contributed by atoms with Crippen LogP contribution in [0.3, 0.4) is 0 Å². The zero-order valence-electron chi connectivity index (χ0n) is 25.5. The first-order valence-corrected chi connectivity index (χ1v) is 14.9. The maximum absolute atomic E-state index is 14.2. The second kappa shape index (κ2) is 12.3. The molecule has 0 spiro atoms. The number of piperazine rings is 1. The number of hydrogen-bond acceptors (Lipinski definition) is 7. The number of aromatic nitrogens is 5.